The molecule has 0 amide bonds. The van der Waals surface area contributed by atoms with Crippen LogP contribution in [0.3, 0.4) is 0 Å². The number of para-hydroxylation sites is 1. The zero-order valence-electron chi connectivity index (χ0n) is 12.3. The Balaban J connectivity index is 1.54. The molecule has 1 heterocycles. The highest BCUT2D eigenvalue weighted by Crippen LogP contribution is 2.34. The Morgan fingerprint density at radius 1 is 1.10 bits per heavy atom. The molecule has 0 unspecified atom stereocenters. The summed E-state index contributed by atoms with van der Waals surface area (Å²) in [6.45, 7) is 5.30. The van der Waals surface area contributed by atoms with Gasteiger partial charge in [-0.25, -0.2) is 0 Å². The fraction of sp³-hybridized carbons (Fsp3) is 0.647. The summed E-state index contributed by atoms with van der Waals surface area (Å²) in [5.41, 5.74) is 0.413. The summed E-state index contributed by atoms with van der Waals surface area (Å²) in [6.07, 6.45) is 6.89. The molecule has 20 heavy (non-hydrogen) atoms. The van der Waals surface area contributed by atoms with E-state index in [4.69, 9.17) is 4.74 Å². The molecule has 1 saturated carbocycles. The SMILES string of the molecule is c1ccc(OCCN2CCNCC23CCCCC3)cc1. The Morgan fingerprint density at radius 3 is 2.70 bits per heavy atom. The van der Waals surface area contributed by atoms with Crippen molar-refractivity contribution in [3.63, 3.8) is 0 Å². The van der Waals surface area contributed by atoms with E-state index < -0.39 is 0 Å². The monoisotopic (exact) mass is 274 g/mol. The molecule has 0 radical (unpaired) electrons. The van der Waals surface area contributed by atoms with Crippen LogP contribution in [0.2, 0.25) is 0 Å². The van der Waals surface area contributed by atoms with Crippen LogP contribution in [0.15, 0.2) is 30.3 Å². The molecule has 1 aromatic rings. The van der Waals surface area contributed by atoms with E-state index in [2.05, 4.69) is 10.2 Å². The van der Waals surface area contributed by atoms with Crippen LogP contribution < -0.4 is 10.1 Å². The zero-order valence-corrected chi connectivity index (χ0v) is 12.3. The zero-order chi connectivity index (χ0) is 13.7. The van der Waals surface area contributed by atoms with Crippen LogP contribution in [0.1, 0.15) is 32.1 Å². The van der Waals surface area contributed by atoms with E-state index in [1.807, 2.05) is 30.3 Å². The summed E-state index contributed by atoms with van der Waals surface area (Å²) >= 11 is 0. The average Bonchev–Trinajstić information content (AvgIpc) is 2.51. The number of ether oxygens (including phenoxy) is 1. The molecule has 3 heteroatoms. The third kappa shape index (κ3) is 3.15. The van der Waals surface area contributed by atoms with Crippen LogP contribution in [-0.2, 0) is 0 Å². The second-order valence-corrected chi connectivity index (χ2v) is 6.11. The van der Waals surface area contributed by atoms with Crippen molar-refractivity contribution in [1.29, 1.82) is 0 Å². The molecule has 3 rings (SSSR count). The fourth-order valence-electron chi connectivity index (χ4n) is 3.73. The van der Waals surface area contributed by atoms with Crippen molar-refractivity contribution in [1.82, 2.24) is 10.2 Å². The van der Waals surface area contributed by atoms with Gasteiger partial charge in [0.25, 0.3) is 0 Å². The van der Waals surface area contributed by atoms with Crippen LogP contribution in [0, 0.1) is 0 Å². The molecule has 1 aliphatic heterocycles. The minimum Gasteiger partial charge on any atom is -0.492 e. The highest BCUT2D eigenvalue weighted by atomic mass is 16.5. The molecule has 3 nitrogen and oxygen atoms in total. The van der Waals surface area contributed by atoms with E-state index in [0.717, 1.165) is 32.0 Å². The third-order valence-electron chi connectivity index (χ3n) is 4.84. The standard InChI is InChI=1S/C17H26N2O/c1-3-7-16(8-4-1)20-14-13-19-12-11-18-15-17(19)9-5-2-6-10-17/h1,3-4,7-8,18H,2,5-6,9-15H2. The molecule has 1 spiro atoms. The van der Waals surface area contributed by atoms with E-state index >= 15 is 0 Å². The second kappa shape index (κ2) is 6.59. The van der Waals surface area contributed by atoms with Gasteiger partial charge >= 0.3 is 0 Å². The van der Waals surface area contributed by atoms with Crippen LogP contribution >= 0.6 is 0 Å². The van der Waals surface area contributed by atoms with Gasteiger partial charge < -0.3 is 10.1 Å². The topological polar surface area (TPSA) is 24.5 Å². The maximum atomic E-state index is 5.88. The first kappa shape index (κ1) is 13.9. The number of hydrogen-bond acceptors (Lipinski definition) is 3. The van der Waals surface area contributed by atoms with Gasteiger partial charge in [-0.05, 0) is 25.0 Å². The van der Waals surface area contributed by atoms with Crippen molar-refractivity contribution in [3.8, 4) is 5.75 Å². The maximum Gasteiger partial charge on any atom is 0.119 e. The lowest BCUT2D eigenvalue weighted by atomic mass is 9.79. The lowest BCUT2D eigenvalue weighted by molar-refractivity contribution is 0.0183. The van der Waals surface area contributed by atoms with E-state index in [-0.39, 0.29) is 0 Å². The molecule has 0 aromatic heterocycles. The van der Waals surface area contributed by atoms with Crippen molar-refractivity contribution in [2.45, 2.75) is 37.6 Å². The highest BCUT2D eigenvalue weighted by molar-refractivity contribution is 5.20. The molecule has 0 atom stereocenters. The van der Waals surface area contributed by atoms with E-state index in [9.17, 15) is 0 Å². The van der Waals surface area contributed by atoms with E-state index in [1.165, 1.54) is 38.6 Å². The number of piperazine rings is 1. The van der Waals surface area contributed by atoms with Crippen molar-refractivity contribution < 1.29 is 4.74 Å². The minimum absolute atomic E-state index is 0.413. The van der Waals surface area contributed by atoms with E-state index in [0.29, 0.717) is 5.54 Å². The summed E-state index contributed by atoms with van der Waals surface area (Å²) in [7, 11) is 0. The first-order valence-corrected chi connectivity index (χ1v) is 8.03. The number of rotatable bonds is 4. The first-order valence-electron chi connectivity index (χ1n) is 8.03. The Labute approximate surface area is 122 Å². The van der Waals surface area contributed by atoms with Gasteiger partial charge in [0.2, 0.25) is 0 Å². The molecule has 2 fully saturated rings. The van der Waals surface area contributed by atoms with Crippen molar-refractivity contribution >= 4 is 0 Å². The largest absolute Gasteiger partial charge is 0.492 e. The summed E-state index contributed by atoms with van der Waals surface area (Å²) in [5.74, 6) is 0.986. The van der Waals surface area contributed by atoms with Crippen molar-refractivity contribution in [3.05, 3.63) is 30.3 Å². The van der Waals surface area contributed by atoms with Gasteiger partial charge in [0.15, 0.2) is 0 Å². The minimum atomic E-state index is 0.413. The summed E-state index contributed by atoms with van der Waals surface area (Å²) in [4.78, 5) is 2.69. The Kier molecular flexibility index (Phi) is 4.58. The number of nitrogens with one attached hydrogen (secondary N) is 1. The predicted molar refractivity (Wildman–Crippen MR) is 82.2 cm³/mol. The smallest absolute Gasteiger partial charge is 0.119 e. The predicted octanol–water partition coefficient (Wildman–Crippen LogP) is 2.67. The number of nitrogens with zero attached hydrogens (tertiary/aromatic N) is 1. The van der Waals surface area contributed by atoms with Gasteiger partial charge in [-0.15, -0.1) is 0 Å². The maximum absolute atomic E-state index is 5.88. The molecule has 110 valence electrons. The van der Waals surface area contributed by atoms with Gasteiger partial charge in [-0.1, -0.05) is 37.5 Å². The lowest BCUT2D eigenvalue weighted by Crippen LogP contribution is -2.62. The molecule has 1 aliphatic carbocycles. The normalized spacial score (nSPS) is 22.8. The van der Waals surface area contributed by atoms with Crippen LogP contribution in [-0.4, -0.2) is 43.2 Å². The quantitative estimate of drug-likeness (QED) is 0.913. The van der Waals surface area contributed by atoms with Crippen molar-refractivity contribution in [2.75, 3.05) is 32.8 Å². The van der Waals surface area contributed by atoms with Gasteiger partial charge in [-0.3, -0.25) is 4.90 Å². The Bertz CT molecular complexity index is 392. The summed E-state index contributed by atoms with van der Waals surface area (Å²) in [5, 5.41) is 3.60. The van der Waals surface area contributed by atoms with Crippen molar-refractivity contribution in [2.24, 2.45) is 0 Å². The summed E-state index contributed by atoms with van der Waals surface area (Å²) < 4.78 is 5.88. The van der Waals surface area contributed by atoms with Gasteiger partial charge in [0, 0.05) is 31.7 Å². The Morgan fingerprint density at radius 2 is 1.90 bits per heavy atom. The molecule has 1 saturated heterocycles. The summed E-state index contributed by atoms with van der Waals surface area (Å²) in [6, 6.07) is 10.2. The van der Waals surface area contributed by atoms with E-state index in [1.54, 1.807) is 0 Å². The highest BCUT2D eigenvalue weighted by Gasteiger charge is 2.39. The lowest BCUT2D eigenvalue weighted by Gasteiger charge is -2.49. The van der Waals surface area contributed by atoms with Gasteiger partial charge in [0.1, 0.15) is 12.4 Å². The molecule has 0 bridgehead atoms. The number of hydrogen-bond donors (Lipinski definition) is 1. The van der Waals surface area contributed by atoms with Crippen LogP contribution in [0.4, 0.5) is 0 Å². The average molecular weight is 274 g/mol. The third-order valence-corrected chi connectivity index (χ3v) is 4.84. The van der Waals surface area contributed by atoms with Crippen LogP contribution in [0.25, 0.3) is 0 Å². The molecule has 1 N–H and O–H groups in total. The molecular weight excluding hydrogens is 248 g/mol. The fourth-order valence-corrected chi connectivity index (χ4v) is 3.73. The molecular formula is C17H26N2O. The second-order valence-electron chi connectivity index (χ2n) is 6.11. The number of benzene rings is 1. The van der Waals surface area contributed by atoms with Gasteiger partial charge in [-0.2, -0.15) is 0 Å². The van der Waals surface area contributed by atoms with Crippen LogP contribution in [0.5, 0.6) is 5.75 Å². The first-order chi connectivity index (χ1) is 9.89. The Hall–Kier alpha value is -1.06. The van der Waals surface area contributed by atoms with Gasteiger partial charge in [0.05, 0.1) is 0 Å². The molecule has 2 aliphatic rings. The molecule has 1 aromatic carbocycles.